The molecule has 0 atom stereocenters. The van der Waals surface area contributed by atoms with Crippen LogP contribution in [-0.2, 0) is 10.8 Å². The van der Waals surface area contributed by atoms with E-state index >= 15 is 0 Å². The van der Waals surface area contributed by atoms with Gasteiger partial charge in [-0.2, -0.15) is 0 Å². The summed E-state index contributed by atoms with van der Waals surface area (Å²) in [5.74, 6) is -1.54. The van der Waals surface area contributed by atoms with Crippen molar-refractivity contribution in [3.05, 3.63) is 204 Å². The van der Waals surface area contributed by atoms with E-state index < -0.39 is 340 Å². The quantitative estimate of drug-likeness (QED) is 0.151. The highest BCUT2D eigenvalue weighted by atomic mass is 15.2. The van der Waals surface area contributed by atoms with Crippen LogP contribution >= 0.6 is 0 Å². The zero-order chi connectivity index (χ0) is 83.1. The molecule has 0 saturated carbocycles. The van der Waals surface area contributed by atoms with Gasteiger partial charge in [0, 0.05) is 78.2 Å². The Morgan fingerprint density at radius 1 is 0.389 bits per heavy atom. The van der Waals surface area contributed by atoms with E-state index in [9.17, 15) is 32.9 Å². The number of hydrogen-bond donors (Lipinski definition) is 0. The molecule has 9 aromatic carbocycles. The first kappa shape index (κ1) is 19.3. The molecule has 4 heteroatoms. The molecule has 4 heterocycles. The Bertz CT molecular complexity index is 6250. The maximum atomic E-state index is 10.8. The molecule has 0 spiro atoms. The number of hydrogen-bond acceptors (Lipinski definition) is 2. The summed E-state index contributed by atoms with van der Waals surface area (Å²) in [5.41, 5.74) is -17.9. The third-order valence-electron chi connectivity index (χ3n) is 12.8. The van der Waals surface area contributed by atoms with E-state index in [4.69, 9.17) is 20.6 Å². The topological polar surface area (TPSA) is 15.3 Å². The normalized spacial score (nSPS) is 21.0. The SMILES string of the molecule is [2H]c1c([2H])c([2H])c(N(c2c([2H])c([2H])c(C(C)C)c([2H])c2[2H])c2c([2H])c([2H])c3c4c([2H])c5c(c([2H])c4n4c6c([2H])c([2H])c(C(C)(C)C)c([2H])c6c2c34)c2c([2H])c([2H])c(N(c3c([2H])c([2H])c([2H])c([2H])c3[2H])c3c([2H])c([2H])c(C(C)C)c([2H])c3[2H])c3c4c([2H])c(C(C([2H])([2H])[2H])(C([2H])([2H])[2H])C([2H])([2H])[2H])c([2H])c([2H])c4n5c23)c([2H])c1[2H]. The van der Waals surface area contributed by atoms with Crippen molar-refractivity contribution in [3.63, 3.8) is 0 Å². The highest BCUT2D eigenvalue weighted by molar-refractivity contribution is 6.32. The molecule has 72 heavy (non-hydrogen) atoms. The molecule has 0 aliphatic rings. The van der Waals surface area contributed by atoms with Crippen LogP contribution in [0, 0.1) is 0 Å². The van der Waals surface area contributed by atoms with Crippen LogP contribution in [0.3, 0.4) is 0 Å². The Morgan fingerprint density at radius 3 is 1.15 bits per heavy atom. The average molecular weight is 975 g/mol. The second-order valence-electron chi connectivity index (χ2n) is 19.2. The van der Waals surface area contributed by atoms with Crippen LogP contribution in [0.2, 0.25) is 0 Å². The van der Waals surface area contributed by atoms with Crippen molar-refractivity contribution >= 4 is 110 Å². The summed E-state index contributed by atoms with van der Waals surface area (Å²) in [5, 5.41) is -5.66. The third-order valence-corrected chi connectivity index (χ3v) is 12.8. The lowest BCUT2D eigenvalue weighted by Gasteiger charge is -2.27. The first-order valence-electron chi connectivity index (χ1n) is 42.3. The summed E-state index contributed by atoms with van der Waals surface area (Å²) in [6, 6.07) is -31.1. The summed E-state index contributed by atoms with van der Waals surface area (Å²) >= 11 is 0. The van der Waals surface area contributed by atoms with Crippen LogP contribution < -0.4 is 9.80 Å². The van der Waals surface area contributed by atoms with Gasteiger partial charge in [0.05, 0.1) is 85.6 Å². The Hall–Kier alpha value is -7.82. The lowest BCUT2D eigenvalue weighted by molar-refractivity contribution is 0.591. The van der Waals surface area contributed by atoms with Gasteiger partial charge < -0.3 is 18.6 Å². The minimum atomic E-state index is -4.36. The molecule has 13 rings (SSSR count). The first-order chi connectivity index (χ1) is 51.0. The summed E-state index contributed by atoms with van der Waals surface area (Å²) in [6.07, 6.45) is 0. The minimum Gasteiger partial charge on any atom is -0.310 e. The molecule has 4 aromatic heterocycles. The van der Waals surface area contributed by atoms with Gasteiger partial charge in [0.1, 0.15) is 0 Å². The van der Waals surface area contributed by atoms with E-state index in [1.165, 1.54) is 13.8 Å². The van der Waals surface area contributed by atoms with Crippen molar-refractivity contribution in [2.45, 2.75) is 91.7 Å². The molecule has 0 fully saturated rings. The maximum Gasteiger partial charge on any atom is 0.0653 e. The molecule has 4 nitrogen and oxygen atoms in total. The first-order valence-corrected chi connectivity index (χ1v) is 22.8. The van der Waals surface area contributed by atoms with Gasteiger partial charge in [-0.1, -0.05) is 154 Å². The fraction of sp³-hybridized carbons (Fsp3) is 0.206. The number of rotatable bonds is 8. The predicted molar refractivity (Wildman–Crippen MR) is 311 cm³/mol. The Labute approximate surface area is 477 Å². The summed E-state index contributed by atoms with van der Waals surface area (Å²) < 4.78 is 373. The van der Waals surface area contributed by atoms with E-state index in [-0.39, 0.29) is 16.7 Å². The highest BCUT2D eigenvalue weighted by Gasteiger charge is 2.29. The number of benzene rings is 9. The molecule has 0 amide bonds. The average Bonchev–Trinajstić information content (AvgIpc) is 1.48. The number of para-hydroxylation sites is 2. The van der Waals surface area contributed by atoms with E-state index in [2.05, 4.69) is 0 Å². The van der Waals surface area contributed by atoms with E-state index in [0.29, 0.717) is 9.80 Å². The zero-order valence-corrected chi connectivity index (χ0v) is 39.4. The third kappa shape index (κ3) is 6.57. The van der Waals surface area contributed by atoms with Crippen LogP contribution in [0.15, 0.2) is 181 Å². The molecule has 0 radical (unpaired) electrons. The van der Waals surface area contributed by atoms with Gasteiger partial charge in [0.25, 0.3) is 0 Å². The minimum absolute atomic E-state index is 0.154. The molecule has 0 aliphatic carbocycles. The smallest absolute Gasteiger partial charge is 0.0653 e. The van der Waals surface area contributed by atoms with Crippen LogP contribution in [0.25, 0.3) is 76.2 Å². The predicted octanol–water partition coefficient (Wildman–Crippen LogP) is 19.8. The number of nitrogens with zero attached hydrogens (tertiary/aromatic N) is 4. The molecule has 0 N–H and O–H groups in total. The molecule has 0 aliphatic heterocycles. The molecule has 0 unspecified atom stereocenters. The summed E-state index contributed by atoms with van der Waals surface area (Å²) in [7, 11) is 0. The number of fused-ring (bicyclic) bond motifs is 12. The van der Waals surface area contributed by atoms with Gasteiger partial charge in [-0.25, -0.2) is 0 Å². The molecule has 0 bridgehead atoms. The van der Waals surface area contributed by atoms with Crippen molar-refractivity contribution < 1.29 is 53.5 Å². The van der Waals surface area contributed by atoms with Crippen molar-refractivity contribution in [1.29, 1.82) is 0 Å². The van der Waals surface area contributed by atoms with Crippen molar-refractivity contribution in [2.75, 3.05) is 9.80 Å². The van der Waals surface area contributed by atoms with Crippen molar-refractivity contribution in [3.8, 4) is 0 Å². The Kier molecular flexibility index (Phi) is 4.25. The lowest BCUT2D eigenvalue weighted by atomic mass is 9.86. The monoisotopic (exact) mass is 974 g/mol. The molecule has 354 valence electrons. The van der Waals surface area contributed by atoms with Crippen molar-refractivity contribution in [2.24, 2.45) is 0 Å². The summed E-state index contributed by atoms with van der Waals surface area (Å²) in [4.78, 5) is 1.08. The van der Waals surface area contributed by atoms with Crippen LogP contribution in [0.1, 0.15) is 157 Å². The van der Waals surface area contributed by atoms with Crippen LogP contribution in [-0.4, -0.2) is 8.80 Å². The fourth-order valence-corrected chi connectivity index (χ4v) is 9.30. The van der Waals surface area contributed by atoms with Crippen LogP contribution in [0.4, 0.5) is 34.1 Å². The van der Waals surface area contributed by atoms with Crippen molar-refractivity contribution in [1.82, 2.24) is 8.80 Å². The zero-order valence-electron chi connectivity index (χ0n) is 78.4. The van der Waals surface area contributed by atoms with Gasteiger partial charge in [-0.05, 0) is 142 Å². The second-order valence-corrected chi connectivity index (χ2v) is 19.2. The fourth-order valence-electron chi connectivity index (χ4n) is 9.30. The number of anilines is 6. The Balaban J connectivity index is 1.39. The highest BCUT2D eigenvalue weighted by Crippen LogP contribution is 2.52. The van der Waals surface area contributed by atoms with Gasteiger partial charge in [0.15, 0.2) is 0 Å². The van der Waals surface area contributed by atoms with Gasteiger partial charge in [-0.15, -0.1) is 0 Å². The van der Waals surface area contributed by atoms with E-state index in [1.807, 2.05) is 0 Å². The molecular formula is C68H62N4. The Morgan fingerprint density at radius 2 is 0.778 bits per heavy atom. The molecule has 13 aromatic rings. The maximum absolute atomic E-state index is 10.8. The lowest BCUT2D eigenvalue weighted by Crippen LogP contribution is -2.11. The summed E-state index contributed by atoms with van der Waals surface area (Å²) in [6.45, 7) is -2.10. The largest absolute Gasteiger partial charge is 0.310 e. The number of aromatic nitrogens is 2. The van der Waals surface area contributed by atoms with Gasteiger partial charge in [-0.3, -0.25) is 0 Å². The standard InChI is InChI=1S/C68H62N4/c1-41(2)43-21-27-49(28-22-43)69(47-17-13-11-14-18-47)59-35-31-51-53-39-62-54(40-61(53)71-57-33-25-45(67(5,6)7)37-55(57)63(59)65(51)71)52-32-36-60(64-56-38-46(68(8,9)10)26-34-58(56)72(62)66(52)64)70(48-19-15-12-16-20-48)50-29-23-44(24-30-50)42(3)4/h11-42H,1-10H3/i5D3,6D3,7D3,11D,12D,13D,14D,15D,16D,17D,18D,19D,20D,21D,22D,23D,24D,25D,26D,27D,28D,29D,30D,31D,32D,33D,34D,35D,36D,37D,38D,39D,40D. The van der Waals surface area contributed by atoms with E-state index in [0.717, 1.165) is 8.80 Å². The molecule has 0 saturated heterocycles. The van der Waals surface area contributed by atoms with E-state index in [1.54, 1.807) is 34.6 Å². The van der Waals surface area contributed by atoms with Gasteiger partial charge >= 0.3 is 0 Å². The van der Waals surface area contributed by atoms with Crippen LogP contribution in [0.5, 0.6) is 0 Å². The molecular weight excluding hydrogens is 873 g/mol. The second kappa shape index (κ2) is 15.8. The van der Waals surface area contributed by atoms with Gasteiger partial charge in [0.2, 0.25) is 0 Å².